The molecule has 1 aromatic heterocycles. The van der Waals surface area contributed by atoms with E-state index in [1.807, 2.05) is 33.9 Å². The quantitative estimate of drug-likeness (QED) is 0.456. The number of piperidine rings is 1. The van der Waals surface area contributed by atoms with Gasteiger partial charge in [-0.15, -0.1) is 0 Å². The minimum atomic E-state index is -3.84. The third-order valence-corrected chi connectivity index (χ3v) is 10.1. The van der Waals surface area contributed by atoms with Gasteiger partial charge in [0, 0.05) is 74.9 Å². The largest absolute Gasteiger partial charge is 0.345 e. The lowest BCUT2D eigenvalue weighted by molar-refractivity contribution is -0.133. The van der Waals surface area contributed by atoms with Crippen molar-refractivity contribution in [1.29, 1.82) is 0 Å². The summed E-state index contributed by atoms with van der Waals surface area (Å²) < 4.78 is 31.5. The zero-order valence-electron chi connectivity index (χ0n) is 23.0. The maximum atomic E-state index is 13.4. The van der Waals surface area contributed by atoms with Gasteiger partial charge in [-0.05, 0) is 69.1 Å². The molecule has 39 heavy (non-hydrogen) atoms. The van der Waals surface area contributed by atoms with E-state index in [9.17, 15) is 13.2 Å². The fraction of sp³-hybridized carbons (Fsp3) is 0.483. The first-order valence-electron chi connectivity index (χ1n) is 13.7. The summed E-state index contributed by atoms with van der Waals surface area (Å²) in [7, 11) is -1.67. The van der Waals surface area contributed by atoms with Crippen LogP contribution in [0.3, 0.4) is 0 Å². The highest BCUT2D eigenvalue weighted by Crippen LogP contribution is 2.30. The summed E-state index contributed by atoms with van der Waals surface area (Å²) in [4.78, 5) is 20.3. The second kappa shape index (κ2) is 11.5. The van der Waals surface area contributed by atoms with E-state index in [1.165, 1.54) is 0 Å². The van der Waals surface area contributed by atoms with Gasteiger partial charge in [0.25, 0.3) is 10.0 Å². The fourth-order valence-corrected chi connectivity index (χ4v) is 7.41. The average molecular weight is 572 g/mol. The molecular weight excluding hydrogens is 534 g/mol. The molecule has 0 atom stereocenters. The Bertz CT molecular complexity index is 1460. The number of para-hydroxylation sites is 1. The number of nitrogens with zero attached hydrogens (tertiary/aromatic N) is 4. The number of carbonyl (C=O) groups excluding carboxylic acids is 1. The van der Waals surface area contributed by atoms with E-state index < -0.39 is 10.0 Å². The minimum Gasteiger partial charge on any atom is -0.345 e. The van der Waals surface area contributed by atoms with E-state index in [-0.39, 0.29) is 10.8 Å². The first kappa shape index (κ1) is 28.0. The summed E-state index contributed by atoms with van der Waals surface area (Å²) in [6.45, 7) is 10.1. The Kier molecular flexibility index (Phi) is 8.24. The fourth-order valence-electron chi connectivity index (χ4n) is 5.82. The zero-order chi connectivity index (χ0) is 27.7. The van der Waals surface area contributed by atoms with Crippen LogP contribution in [0.4, 0.5) is 5.69 Å². The van der Waals surface area contributed by atoms with Crippen molar-refractivity contribution in [3.63, 3.8) is 0 Å². The van der Waals surface area contributed by atoms with Gasteiger partial charge >= 0.3 is 0 Å². The van der Waals surface area contributed by atoms with Crippen molar-refractivity contribution in [3.05, 3.63) is 58.7 Å². The Morgan fingerprint density at radius 1 is 1.00 bits per heavy atom. The number of amides is 1. The Morgan fingerprint density at radius 3 is 2.44 bits per heavy atom. The summed E-state index contributed by atoms with van der Waals surface area (Å²) in [5.74, 6) is 0.152. The number of anilines is 1. The van der Waals surface area contributed by atoms with Crippen LogP contribution in [0, 0.1) is 13.8 Å². The highest BCUT2D eigenvalue weighted by atomic mass is 35.5. The standard InChI is InChI=1S/C29H38ClN5O3S/c1-21-20-27(22(2)19-25(21)30)39(37,38)31-26-6-4-5-23-7-11-35(29(23)26)14-10-28(36)34-12-8-24(9-13-34)33-17-15-32(3)16-18-33/h4-7,11,19-20,24,31H,8-10,12-18H2,1-3H3. The third-order valence-electron chi connectivity index (χ3n) is 8.22. The van der Waals surface area contributed by atoms with Gasteiger partial charge in [0.2, 0.25) is 5.91 Å². The molecule has 1 amide bonds. The molecule has 2 fully saturated rings. The molecular formula is C29H38ClN5O3S. The molecule has 0 bridgehead atoms. The maximum Gasteiger partial charge on any atom is 0.262 e. The lowest BCUT2D eigenvalue weighted by Gasteiger charge is -2.42. The van der Waals surface area contributed by atoms with Gasteiger partial charge in [-0.3, -0.25) is 14.4 Å². The highest BCUT2D eigenvalue weighted by Gasteiger charge is 2.28. The lowest BCUT2D eigenvalue weighted by atomic mass is 10.0. The van der Waals surface area contributed by atoms with Crippen LogP contribution in [0.15, 0.2) is 47.5 Å². The molecule has 0 aliphatic carbocycles. The van der Waals surface area contributed by atoms with Crippen LogP contribution in [-0.4, -0.2) is 85.9 Å². The molecule has 5 rings (SSSR count). The summed E-state index contributed by atoms with van der Waals surface area (Å²) >= 11 is 6.19. The molecule has 8 nitrogen and oxygen atoms in total. The van der Waals surface area contributed by atoms with Gasteiger partial charge in [-0.25, -0.2) is 8.42 Å². The van der Waals surface area contributed by atoms with Gasteiger partial charge in [0.1, 0.15) is 0 Å². The van der Waals surface area contributed by atoms with E-state index in [2.05, 4.69) is 21.6 Å². The van der Waals surface area contributed by atoms with Crippen molar-refractivity contribution in [2.24, 2.45) is 0 Å². The number of halogens is 1. The van der Waals surface area contributed by atoms with E-state index in [0.717, 1.165) is 63.0 Å². The highest BCUT2D eigenvalue weighted by molar-refractivity contribution is 7.92. The summed E-state index contributed by atoms with van der Waals surface area (Å²) in [6.07, 6.45) is 4.35. The van der Waals surface area contributed by atoms with Gasteiger partial charge in [-0.1, -0.05) is 23.7 Å². The van der Waals surface area contributed by atoms with Crippen LogP contribution in [0.25, 0.3) is 10.9 Å². The number of likely N-dealkylation sites (tertiary alicyclic amines) is 1. The number of carbonyl (C=O) groups is 1. The van der Waals surface area contributed by atoms with Gasteiger partial charge in [0.15, 0.2) is 0 Å². The number of likely N-dealkylation sites (N-methyl/N-ethyl adjacent to an activating group) is 1. The minimum absolute atomic E-state index is 0.152. The average Bonchev–Trinajstić information content (AvgIpc) is 3.34. The number of nitrogens with one attached hydrogen (secondary N) is 1. The van der Waals surface area contributed by atoms with Crippen molar-refractivity contribution in [2.45, 2.75) is 50.6 Å². The van der Waals surface area contributed by atoms with Crippen LogP contribution in [-0.2, 0) is 21.4 Å². The van der Waals surface area contributed by atoms with Gasteiger partial charge in [-0.2, -0.15) is 0 Å². The molecule has 0 radical (unpaired) electrons. The summed E-state index contributed by atoms with van der Waals surface area (Å²) in [6, 6.07) is 11.3. The monoisotopic (exact) mass is 571 g/mol. The number of sulfonamides is 1. The van der Waals surface area contributed by atoms with Crippen molar-refractivity contribution in [1.82, 2.24) is 19.3 Å². The number of aryl methyl sites for hydroxylation is 3. The van der Waals surface area contributed by atoms with Crippen LogP contribution >= 0.6 is 11.6 Å². The Hall–Kier alpha value is -2.59. The number of rotatable bonds is 7. The molecule has 3 heterocycles. The Morgan fingerprint density at radius 2 is 1.72 bits per heavy atom. The number of hydrogen-bond acceptors (Lipinski definition) is 5. The van der Waals surface area contributed by atoms with Crippen molar-refractivity contribution >= 4 is 44.1 Å². The molecule has 2 aliphatic heterocycles. The molecule has 3 aromatic rings. The van der Waals surface area contributed by atoms with Crippen LogP contribution in [0.5, 0.6) is 0 Å². The first-order valence-corrected chi connectivity index (χ1v) is 15.6. The Balaban J connectivity index is 1.25. The van der Waals surface area contributed by atoms with Gasteiger partial charge < -0.3 is 14.4 Å². The summed E-state index contributed by atoms with van der Waals surface area (Å²) in [5.41, 5.74) is 2.55. The van der Waals surface area contributed by atoms with Crippen molar-refractivity contribution in [2.75, 3.05) is 51.0 Å². The van der Waals surface area contributed by atoms with Gasteiger partial charge in [0.05, 0.1) is 16.1 Å². The van der Waals surface area contributed by atoms with E-state index in [0.29, 0.717) is 40.8 Å². The second-order valence-corrected chi connectivity index (χ2v) is 13.0. The zero-order valence-corrected chi connectivity index (χ0v) is 24.6. The smallest absolute Gasteiger partial charge is 0.262 e. The molecule has 2 aliphatic rings. The van der Waals surface area contributed by atoms with E-state index >= 15 is 0 Å². The van der Waals surface area contributed by atoms with Crippen LogP contribution in [0.1, 0.15) is 30.4 Å². The molecule has 1 N–H and O–H groups in total. The predicted molar refractivity (Wildman–Crippen MR) is 157 cm³/mol. The molecule has 210 valence electrons. The molecule has 2 saturated heterocycles. The third kappa shape index (κ3) is 6.11. The molecule has 0 saturated carbocycles. The number of fused-ring (bicyclic) bond motifs is 1. The second-order valence-electron chi connectivity index (χ2n) is 10.9. The molecule has 10 heteroatoms. The normalized spacial score (nSPS) is 18.1. The summed E-state index contributed by atoms with van der Waals surface area (Å²) in [5, 5.41) is 1.45. The predicted octanol–water partition coefficient (Wildman–Crippen LogP) is 4.34. The maximum absolute atomic E-state index is 13.4. The molecule has 0 unspecified atom stereocenters. The van der Waals surface area contributed by atoms with E-state index in [4.69, 9.17) is 11.6 Å². The van der Waals surface area contributed by atoms with Crippen LogP contribution < -0.4 is 4.72 Å². The molecule has 2 aromatic carbocycles. The lowest BCUT2D eigenvalue weighted by Crippen LogP contribution is -2.53. The SMILES string of the molecule is Cc1cc(S(=O)(=O)Nc2cccc3ccn(CCC(=O)N4CCC(N5CCN(C)CC5)CC4)c23)c(C)cc1Cl. The number of hydrogen-bond donors (Lipinski definition) is 1. The van der Waals surface area contributed by atoms with Crippen molar-refractivity contribution in [3.8, 4) is 0 Å². The Labute approximate surface area is 236 Å². The number of aromatic nitrogens is 1. The van der Waals surface area contributed by atoms with Crippen LogP contribution in [0.2, 0.25) is 5.02 Å². The number of benzene rings is 2. The first-order chi connectivity index (χ1) is 18.6. The molecule has 0 spiro atoms. The van der Waals surface area contributed by atoms with E-state index in [1.54, 1.807) is 32.0 Å². The van der Waals surface area contributed by atoms with Crippen molar-refractivity contribution < 1.29 is 13.2 Å². The number of piperazine rings is 1. The topological polar surface area (TPSA) is 77.9 Å².